The van der Waals surface area contributed by atoms with Crippen LogP contribution in [0.1, 0.15) is 68.7 Å². The van der Waals surface area contributed by atoms with E-state index in [4.69, 9.17) is 39.9 Å². The maximum atomic E-state index is 14.1. The normalized spacial score (nSPS) is 12.2. The molecule has 2 amide bonds. The fourth-order valence-corrected chi connectivity index (χ4v) is 9.12. The molecule has 8 aromatic rings. The Kier molecular flexibility index (Phi) is 12.5. The van der Waals surface area contributed by atoms with Crippen LogP contribution in [0.3, 0.4) is 0 Å². The number of aromatic hydroxyl groups is 2. The number of amides is 2. The van der Waals surface area contributed by atoms with Gasteiger partial charge < -0.3 is 50.8 Å². The van der Waals surface area contributed by atoms with Gasteiger partial charge in [-0.05, 0) is 115 Å². The summed E-state index contributed by atoms with van der Waals surface area (Å²) < 4.78 is 0. The number of allylic oxidation sites excluding steroid dienone is 2. The van der Waals surface area contributed by atoms with Crippen molar-refractivity contribution in [2.45, 2.75) is 51.4 Å². The van der Waals surface area contributed by atoms with Crippen LogP contribution in [0.25, 0.3) is 78.9 Å². The molecular weight excluding hydrogens is 909 g/mol. The predicted molar refractivity (Wildman–Crippen MR) is 260 cm³/mol. The van der Waals surface area contributed by atoms with Crippen molar-refractivity contribution in [1.82, 2.24) is 50.5 Å². The van der Waals surface area contributed by atoms with Gasteiger partial charge in [-0.2, -0.15) is 0 Å². The Bertz CT molecular complexity index is 3530. The first-order valence-electron chi connectivity index (χ1n) is 22.9. The molecule has 5 aromatic carbocycles. The third-order valence-corrected chi connectivity index (χ3v) is 12.7. The van der Waals surface area contributed by atoms with E-state index in [1.165, 1.54) is 0 Å². The number of nitrogens with zero attached hydrogens (tertiary/aromatic N) is 8. The molecule has 0 spiro atoms. The summed E-state index contributed by atoms with van der Waals surface area (Å²) in [5.41, 5.74) is 8.64. The zero-order valence-corrected chi connectivity index (χ0v) is 38.4. The van der Waals surface area contributed by atoms with Crippen LogP contribution < -0.4 is 20.6 Å². The number of phenolic OH excluding ortho intramolecular Hbond substituents is 2. The first-order valence-corrected chi connectivity index (χ1v) is 22.9. The molecule has 3 aromatic heterocycles. The number of aromatic nitrogens is 8. The zero-order chi connectivity index (χ0) is 46.1. The van der Waals surface area contributed by atoms with Gasteiger partial charge in [-0.25, -0.2) is 9.97 Å². The Labute approximate surface area is 407 Å². The Morgan fingerprint density at radius 2 is 1.03 bits per heavy atom. The van der Waals surface area contributed by atoms with E-state index in [-0.39, 0.29) is 46.2 Å². The molecule has 11 rings (SSSR count). The maximum absolute atomic E-state index is 14.1. The van der Waals surface area contributed by atoms with Crippen LogP contribution in [-0.2, 0) is 42.8 Å². The quantitative estimate of drug-likeness (QED) is 0.0517. The molecule has 0 radical (unpaired) electrons. The molecule has 14 nitrogen and oxygen atoms in total. The van der Waals surface area contributed by atoms with Crippen molar-refractivity contribution < 1.29 is 36.9 Å². The van der Waals surface area contributed by atoms with Gasteiger partial charge in [0.25, 0.3) is 11.8 Å². The first-order chi connectivity index (χ1) is 33.4. The Hall–Kier alpha value is -8.00. The van der Waals surface area contributed by atoms with Gasteiger partial charge in [0.15, 0.2) is 0 Å². The largest absolute Gasteiger partial charge is 2.00 e. The Balaban J connectivity index is 0.00000553. The minimum atomic E-state index is -0.271. The first kappa shape index (κ1) is 44.8. The van der Waals surface area contributed by atoms with Gasteiger partial charge in [0.05, 0.1) is 23.3 Å². The summed E-state index contributed by atoms with van der Waals surface area (Å²) in [6.07, 6.45) is 9.82. The number of carbonyl (C=O) groups is 2. The van der Waals surface area contributed by atoms with Gasteiger partial charge in [-0.1, -0.05) is 91.0 Å². The molecule has 2 aliphatic heterocycles. The molecule has 1 aliphatic carbocycles. The minimum absolute atomic E-state index is 0. The number of benzene rings is 5. The number of para-hydroxylation sites is 2. The summed E-state index contributed by atoms with van der Waals surface area (Å²) in [6.45, 7) is 0.903. The summed E-state index contributed by atoms with van der Waals surface area (Å²) in [5, 5.41) is 28.0. The van der Waals surface area contributed by atoms with Gasteiger partial charge in [0, 0.05) is 69.1 Å². The number of hydrogen-bond acceptors (Lipinski definition) is 10. The van der Waals surface area contributed by atoms with Crippen molar-refractivity contribution in [3.8, 4) is 57.1 Å². The fraction of sp³-hybridized carbons (Fsp3) is 0.185. The molecule has 0 fully saturated rings. The SMILES string of the molecule is O=C(NCCCCc1ccccc1O)c1ccc2c(c1)-c1nc-2nc2[n-]c(nc3nc(nc4[n-]c(n1)c1ccccc41)-c1c(C(=O)NCCCCc4ccccc4O)cccc1-3)c1c2CC=CC1.[Fe+2]. The molecule has 8 bridgehead atoms. The molecule has 69 heavy (non-hydrogen) atoms. The standard InChI is InChI=1S/C54H46N10O4.Fe/c65-42-24-7-1-14-31(42)16-9-11-28-55-53(67)33-26-27-38-41(30-33)51-61-47-36-20-5-6-21-37(36)48(58-47)63-52-44-39(22-13-23-40(44)54(68)56-29-12-10-17-32-15-2-8-25-43(32)66)50(64-52)60-46-35-19-4-3-18-34(35)45(57-46)59-49(38)62-51;/h1-8,13-15,20-27,30H,9-12,16-19,28-29H2,(H6,55,56,57,58,59,60,61,62,63,64,65,66,67,68);/q;+2/p-2. The van der Waals surface area contributed by atoms with Gasteiger partial charge in [-0.3, -0.25) is 9.59 Å². The second-order valence-corrected chi connectivity index (χ2v) is 17.0. The van der Waals surface area contributed by atoms with E-state index in [1.807, 2.05) is 66.7 Å². The zero-order valence-electron chi connectivity index (χ0n) is 37.3. The molecule has 0 saturated carbocycles. The Morgan fingerprint density at radius 3 is 1.67 bits per heavy atom. The van der Waals surface area contributed by atoms with Gasteiger partial charge in [0.1, 0.15) is 11.5 Å². The maximum Gasteiger partial charge on any atom is 2.00 e. The number of unbranched alkanes of at least 4 members (excludes halogenated alkanes) is 2. The molecule has 0 unspecified atom stereocenters. The van der Waals surface area contributed by atoms with Gasteiger partial charge in [0.2, 0.25) is 0 Å². The number of phenols is 2. The fourth-order valence-electron chi connectivity index (χ4n) is 9.12. The second-order valence-electron chi connectivity index (χ2n) is 17.0. The average Bonchev–Trinajstić information content (AvgIpc) is 4.10. The van der Waals surface area contributed by atoms with Crippen LogP contribution >= 0.6 is 0 Å². The van der Waals surface area contributed by atoms with Crippen molar-refractivity contribution in [3.05, 3.63) is 155 Å². The van der Waals surface area contributed by atoms with Crippen LogP contribution in [0.2, 0.25) is 0 Å². The van der Waals surface area contributed by atoms with Crippen molar-refractivity contribution in [2.24, 2.45) is 0 Å². The van der Waals surface area contributed by atoms with Crippen LogP contribution in [0.4, 0.5) is 0 Å². The minimum Gasteiger partial charge on any atom is -0.508 e. The summed E-state index contributed by atoms with van der Waals surface area (Å²) in [6, 6.07) is 33.2. The van der Waals surface area contributed by atoms with Crippen LogP contribution in [0.5, 0.6) is 11.5 Å². The van der Waals surface area contributed by atoms with Crippen LogP contribution in [0.15, 0.2) is 121 Å². The Morgan fingerprint density at radius 1 is 0.507 bits per heavy atom. The molecule has 15 heteroatoms. The number of fused-ring (bicyclic) bond motifs is 20. The number of nitrogens with one attached hydrogen (secondary N) is 2. The number of rotatable bonds is 12. The van der Waals surface area contributed by atoms with E-state index in [9.17, 15) is 19.8 Å². The molecule has 5 heterocycles. The van der Waals surface area contributed by atoms with Gasteiger partial charge in [-0.15, -0.1) is 0 Å². The van der Waals surface area contributed by atoms with E-state index in [2.05, 4.69) is 22.8 Å². The van der Waals surface area contributed by atoms with E-state index in [0.717, 1.165) is 52.3 Å². The number of carbonyl (C=O) groups excluding carboxylic acids is 2. The second kappa shape index (κ2) is 19.3. The van der Waals surface area contributed by atoms with Crippen molar-refractivity contribution in [2.75, 3.05) is 13.1 Å². The van der Waals surface area contributed by atoms with E-state index < -0.39 is 0 Å². The average molecular weight is 953 g/mol. The summed E-state index contributed by atoms with van der Waals surface area (Å²) in [5.74, 6) is 1.44. The third-order valence-electron chi connectivity index (χ3n) is 12.7. The van der Waals surface area contributed by atoms with Gasteiger partial charge >= 0.3 is 17.1 Å². The van der Waals surface area contributed by atoms with Crippen molar-refractivity contribution >= 4 is 45.2 Å². The molecule has 3 aliphatic rings. The molecule has 342 valence electrons. The molecule has 0 atom stereocenters. The summed E-state index contributed by atoms with van der Waals surface area (Å²) in [4.78, 5) is 68.1. The molecular formula is C54H44FeN10O4. The van der Waals surface area contributed by atoms with E-state index >= 15 is 0 Å². The summed E-state index contributed by atoms with van der Waals surface area (Å²) in [7, 11) is 0. The summed E-state index contributed by atoms with van der Waals surface area (Å²) >= 11 is 0. The molecule has 0 saturated heterocycles. The monoisotopic (exact) mass is 952 g/mol. The molecule has 4 N–H and O–H groups in total. The van der Waals surface area contributed by atoms with E-state index in [1.54, 1.807) is 42.5 Å². The van der Waals surface area contributed by atoms with Crippen molar-refractivity contribution in [3.63, 3.8) is 0 Å². The predicted octanol–water partition coefficient (Wildman–Crippen LogP) is 8.54. The number of hydrogen-bond donors (Lipinski definition) is 4. The van der Waals surface area contributed by atoms with E-state index in [0.29, 0.717) is 119 Å². The topological polar surface area (TPSA) is 204 Å². The number of aryl methyl sites for hydroxylation is 2. The third kappa shape index (κ3) is 8.85. The van der Waals surface area contributed by atoms with Crippen LogP contribution in [-0.4, -0.2) is 65.0 Å². The smallest absolute Gasteiger partial charge is 0.508 e. The van der Waals surface area contributed by atoms with Crippen LogP contribution in [0, 0.1) is 0 Å². The van der Waals surface area contributed by atoms with Crippen molar-refractivity contribution in [1.29, 1.82) is 0 Å².